The molecule has 0 saturated carbocycles. The molecule has 4 rings (SSSR count). The lowest BCUT2D eigenvalue weighted by atomic mass is 9.96. The number of carbonyl (C=O) groups is 3. The van der Waals surface area contributed by atoms with Crippen LogP contribution in [0, 0.1) is 12.8 Å². The van der Waals surface area contributed by atoms with Crippen LogP contribution in [0.2, 0.25) is 5.02 Å². The van der Waals surface area contributed by atoms with E-state index in [-0.39, 0.29) is 23.9 Å². The van der Waals surface area contributed by atoms with Crippen LogP contribution in [0.4, 0.5) is 21.0 Å². The molecule has 5 amide bonds. The first-order valence-corrected chi connectivity index (χ1v) is 12.5. The van der Waals surface area contributed by atoms with Gasteiger partial charge in [-0.1, -0.05) is 29.8 Å². The van der Waals surface area contributed by atoms with E-state index >= 15 is 0 Å². The fourth-order valence-electron chi connectivity index (χ4n) is 4.66. The fourth-order valence-corrected chi connectivity index (χ4v) is 4.85. The summed E-state index contributed by atoms with van der Waals surface area (Å²) in [4.78, 5) is 44.1. The van der Waals surface area contributed by atoms with Crippen molar-refractivity contribution in [3.63, 3.8) is 0 Å². The van der Waals surface area contributed by atoms with E-state index < -0.39 is 0 Å². The highest BCUT2D eigenvalue weighted by Crippen LogP contribution is 2.22. The number of carbonyl (C=O) groups excluding carboxylic acids is 3. The summed E-state index contributed by atoms with van der Waals surface area (Å²) in [5, 5.41) is 6.38. The van der Waals surface area contributed by atoms with E-state index in [4.69, 9.17) is 11.6 Å². The highest BCUT2D eigenvalue weighted by molar-refractivity contribution is 6.30. The zero-order valence-electron chi connectivity index (χ0n) is 20.0. The van der Waals surface area contributed by atoms with Crippen LogP contribution < -0.4 is 10.6 Å². The Balaban J connectivity index is 1.30. The molecule has 0 spiro atoms. The Bertz CT molecular complexity index is 1080. The molecule has 2 heterocycles. The molecule has 0 bridgehead atoms. The van der Waals surface area contributed by atoms with E-state index in [0.29, 0.717) is 56.4 Å². The van der Waals surface area contributed by atoms with Gasteiger partial charge in [-0.15, -0.1) is 0 Å². The van der Waals surface area contributed by atoms with E-state index in [1.54, 1.807) is 34.1 Å². The average Bonchev–Trinajstić information content (AvgIpc) is 3.10. The van der Waals surface area contributed by atoms with Crippen LogP contribution in [0.25, 0.3) is 0 Å². The molecule has 8 nitrogen and oxygen atoms in total. The molecule has 0 aromatic heterocycles. The van der Waals surface area contributed by atoms with Gasteiger partial charge in [0.15, 0.2) is 0 Å². The number of anilines is 2. The second-order valence-corrected chi connectivity index (χ2v) is 9.63. The smallest absolute Gasteiger partial charge is 0.321 e. The highest BCUT2D eigenvalue weighted by atomic mass is 35.5. The Morgan fingerprint density at radius 1 is 0.800 bits per heavy atom. The Hall–Kier alpha value is -3.26. The maximum absolute atomic E-state index is 13.3. The predicted octanol–water partition coefficient (Wildman–Crippen LogP) is 4.66. The lowest BCUT2D eigenvalue weighted by Gasteiger charge is -2.34. The van der Waals surface area contributed by atoms with Gasteiger partial charge >= 0.3 is 12.1 Å². The Kier molecular flexibility index (Phi) is 8.13. The molecule has 2 N–H and O–H groups in total. The van der Waals surface area contributed by atoms with E-state index in [0.717, 1.165) is 24.1 Å². The SMILES string of the molecule is Cc1cccc(NC(=O)N2CCCC(C(=O)N3CCCN(C(=O)Nc4cccc(Cl)c4)CC3)C2)c1. The molecule has 2 saturated heterocycles. The molecule has 186 valence electrons. The zero-order valence-corrected chi connectivity index (χ0v) is 20.8. The number of likely N-dealkylation sites (tertiary alicyclic amines) is 1. The van der Waals surface area contributed by atoms with Crippen molar-refractivity contribution < 1.29 is 14.4 Å². The number of aryl methyl sites for hydroxylation is 1. The summed E-state index contributed by atoms with van der Waals surface area (Å²) in [6.07, 6.45) is 2.27. The van der Waals surface area contributed by atoms with Gasteiger partial charge in [0.2, 0.25) is 5.91 Å². The predicted molar refractivity (Wildman–Crippen MR) is 138 cm³/mol. The van der Waals surface area contributed by atoms with Crippen molar-refractivity contribution in [3.8, 4) is 0 Å². The summed E-state index contributed by atoms with van der Waals surface area (Å²) in [5.41, 5.74) is 2.48. The summed E-state index contributed by atoms with van der Waals surface area (Å²) in [5.74, 6) is -0.158. The molecule has 2 aromatic rings. The maximum atomic E-state index is 13.3. The van der Waals surface area contributed by atoms with E-state index in [1.165, 1.54) is 0 Å². The van der Waals surface area contributed by atoms with E-state index in [2.05, 4.69) is 10.6 Å². The van der Waals surface area contributed by atoms with Crippen molar-refractivity contribution in [1.29, 1.82) is 0 Å². The van der Waals surface area contributed by atoms with Gasteiger partial charge in [0, 0.05) is 55.7 Å². The van der Waals surface area contributed by atoms with Crippen molar-refractivity contribution in [2.24, 2.45) is 5.92 Å². The fraction of sp³-hybridized carbons (Fsp3) is 0.423. The molecule has 2 fully saturated rings. The zero-order chi connectivity index (χ0) is 24.8. The van der Waals surface area contributed by atoms with E-state index in [9.17, 15) is 14.4 Å². The minimum absolute atomic E-state index is 0.0650. The number of amides is 5. The lowest BCUT2D eigenvalue weighted by molar-refractivity contribution is -0.136. The number of hydrogen-bond donors (Lipinski definition) is 2. The van der Waals surface area contributed by atoms with Crippen molar-refractivity contribution in [2.45, 2.75) is 26.2 Å². The summed E-state index contributed by atoms with van der Waals surface area (Å²) >= 11 is 6.01. The van der Waals surface area contributed by atoms with Gasteiger partial charge in [0.05, 0.1) is 5.92 Å². The van der Waals surface area contributed by atoms with Crippen LogP contribution in [0.5, 0.6) is 0 Å². The molecule has 9 heteroatoms. The van der Waals surface area contributed by atoms with Crippen molar-refractivity contribution >= 4 is 40.9 Å². The molecule has 2 aromatic carbocycles. The van der Waals surface area contributed by atoms with Gasteiger partial charge in [-0.05, 0) is 62.1 Å². The molecular formula is C26H32ClN5O3. The summed E-state index contributed by atoms with van der Waals surface area (Å²) in [6, 6.07) is 14.4. The summed E-state index contributed by atoms with van der Waals surface area (Å²) < 4.78 is 0. The van der Waals surface area contributed by atoms with Crippen molar-refractivity contribution in [1.82, 2.24) is 14.7 Å². The van der Waals surface area contributed by atoms with Crippen LogP contribution in [0.15, 0.2) is 48.5 Å². The number of nitrogens with zero attached hydrogens (tertiary/aromatic N) is 3. The van der Waals surface area contributed by atoms with Gasteiger partial charge in [-0.3, -0.25) is 4.79 Å². The van der Waals surface area contributed by atoms with Gasteiger partial charge in [-0.2, -0.15) is 0 Å². The number of piperidine rings is 1. The largest absolute Gasteiger partial charge is 0.341 e. The minimum atomic E-state index is -0.223. The van der Waals surface area contributed by atoms with Gasteiger partial charge in [0.25, 0.3) is 0 Å². The summed E-state index contributed by atoms with van der Waals surface area (Å²) in [6.45, 7) is 5.15. The number of benzene rings is 2. The topological polar surface area (TPSA) is 85.0 Å². The monoisotopic (exact) mass is 497 g/mol. The summed E-state index contributed by atoms with van der Waals surface area (Å²) in [7, 11) is 0. The molecule has 1 unspecified atom stereocenters. The van der Waals surface area contributed by atoms with E-state index in [1.807, 2.05) is 36.1 Å². The van der Waals surface area contributed by atoms with Gasteiger partial charge in [0.1, 0.15) is 0 Å². The van der Waals surface area contributed by atoms with Crippen LogP contribution in [-0.4, -0.2) is 71.9 Å². The number of hydrogen-bond acceptors (Lipinski definition) is 3. The third kappa shape index (κ3) is 6.66. The number of nitrogens with one attached hydrogen (secondary N) is 2. The van der Waals surface area contributed by atoms with Crippen molar-refractivity contribution in [3.05, 3.63) is 59.1 Å². The standard InChI is InChI=1S/C26H32ClN5O3/c1-19-6-2-9-22(16-19)28-26(35)32-11-4-7-20(18-32)24(33)30-12-5-13-31(15-14-30)25(34)29-23-10-3-8-21(27)17-23/h2-3,6,8-10,16-17,20H,4-5,7,11-15,18H2,1H3,(H,28,35)(H,29,34). The first kappa shape index (κ1) is 24.9. The highest BCUT2D eigenvalue weighted by Gasteiger charge is 2.32. The lowest BCUT2D eigenvalue weighted by Crippen LogP contribution is -2.48. The number of halogens is 1. The molecule has 1 atom stereocenters. The molecule has 35 heavy (non-hydrogen) atoms. The normalized spacial score (nSPS) is 18.6. The third-order valence-corrected chi connectivity index (χ3v) is 6.73. The second-order valence-electron chi connectivity index (χ2n) is 9.19. The molecule has 0 radical (unpaired) electrons. The first-order chi connectivity index (χ1) is 16.9. The van der Waals surface area contributed by atoms with Crippen LogP contribution in [0.1, 0.15) is 24.8 Å². The Morgan fingerprint density at radius 2 is 1.43 bits per heavy atom. The van der Waals surface area contributed by atoms with Crippen LogP contribution in [-0.2, 0) is 4.79 Å². The first-order valence-electron chi connectivity index (χ1n) is 12.1. The Morgan fingerprint density at radius 3 is 2.17 bits per heavy atom. The van der Waals surface area contributed by atoms with Crippen molar-refractivity contribution in [2.75, 3.05) is 49.9 Å². The van der Waals surface area contributed by atoms with Gasteiger partial charge < -0.3 is 25.3 Å². The number of rotatable bonds is 3. The third-order valence-electron chi connectivity index (χ3n) is 6.50. The van der Waals surface area contributed by atoms with Gasteiger partial charge in [-0.25, -0.2) is 9.59 Å². The van der Waals surface area contributed by atoms with Crippen LogP contribution in [0.3, 0.4) is 0 Å². The number of urea groups is 2. The minimum Gasteiger partial charge on any atom is -0.341 e. The molecule has 2 aliphatic heterocycles. The quantitative estimate of drug-likeness (QED) is 0.646. The molecular weight excluding hydrogens is 466 g/mol. The second kappa shape index (κ2) is 11.4. The molecule has 2 aliphatic rings. The molecule has 0 aliphatic carbocycles. The van der Waals surface area contributed by atoms with Crippen LogP contribution >= 0.6 is 11.6 Å². The Labute approximate surface area is 211 Å². The average molecular weight is 498 g/mol. The maximum Gasteiger partial charge on any atom is 0.321 e.